The molecule has 1 aliphatic heterocycles. The molecule has 178 valence electrons. The van der Waals surface area contributed by atoms with Crippen LogP contribution in [-0.4, -0.2) is 54.7 Å². The largest absolute Gasteiger partial charge is 0.373 e. The van der Waals surface area contributed by atoms with Crippen molar-refractivity contribution in [2.75, 3.05) is 18.4 Å². The van der Waals surface area contributed by atoms with Crippen molar-refractivity contribution in [3.8, 4) is 11.3 Å². The van der Waals surface area contributed by atoms with Crippen LogP contribution in [0.5, 0.6) is 0 Å². The van der Waals surface area contributed by atoms with E-state index >= 15 is 0 Å². The van der Waals surface area contributed by atoms with Gasteiger partial charge in [0.2, 0.25) is 10.0 Å². The maximum absolute atomic E-state index is 13.0. The van der Waals surface area contributed by atoms with Crippen LogP contribution < -0.4 is 5.32 Å². The summed E-state index contributed by atoms with van der Waals surface area (Å²) in [5.41, 5.74) is 1.58. The Bertz CT molecular complexity index is 1290. The third-order valence-electron chi connectivity index (χ3n) is 5.35. The number of ether oxygens (including phenoxy) is 1. The minimum absolute atomic E-state index is 0.116. The standard InChI is InChI=1S/C24H25N3O5S2/c1-15-13-27(14-16(2)32-15)34(30,31)20-11-9-19(10-12-20)23(29)26-24-25-21(22(33-24)17(3)28)18-7-5-4-6-8-18/h4-12,15-16H,13-14H2,1-3H3,(H,25,26,29)/t15-,16-/m0/s1. The highest BCUT2D eigenvalue weighted by atomic mass is 32.2. The number of rotatable bonds is 6. The number of ketones is 1. The molecule has 0 aliphatic carbocycles. The summed E-state index contributed by atoms with van der Waals surface area (Å²) in [6.45, 7) is 5.69. The molecular weight excluding hydrogens is 474 g/mol. The number of nitrogens with one attached hydrogen (secondary N) is 1. The number of hydrogen-bond acceptors (Lipinski definition) is 7. The van der Waals surface area contributed by atoms with E-state index in [0.717, 1.165) is 16.9 Å². The van der Waals surface area contributed by atoms with Gasteiger partial charge >= 0.3 is 0 Å². The van der Waals surface area contributed by atoms with Crippen molar-refractivity contribution in [2.45, 2.75) is 37.9 Å². The number of amides is 1. The number of anilines is 1. The van der Waals surface area contributed by atoms with Crippen molar-refractivity contribution >= 4 is 38.2 Å². The van der Waals surface area contributed by atoms with E-state index in [-0.39, 0.29) is 41.5 Å². The van der Waals surface area contributed by atoms with Gasteiger partial charge in [-0.15, -0.1) is 0 Å². The molecular formula is C24H25N3O5S2. The molecule has 0 spiro atoms. The van der Waals surface area contributed by atoms with Crippen LogP contribution in [0, 0.1) is 0 Å². The van der Waals surface area contributed by atoms with E-state index in [4.69, 9.17) is 4.74 Å². The maximum atomic E-state index is 13.0. The predicted molar refractivity (Wildman–Crippen MR) is 131 cm³/mol. The van der Waals surface area contributed by atoms with Crippen LogP contribution in [0.4, 0.5) is 5.13 Å². The smallest absolute Gasteiger partial charge is 0.257 e. The molecule has 2 aromatic carbocycles. The number of aromatic nitrogens is 1. The first-order valence-corrected chi connectivity index (χ1v) is 13.0. The van der Waals surface area contributed by atoms with E-state index in [1.165, 1.54) is 35.5 Å². The molecule has 0 bridgehead atoms. The van der Waals surface area contributed by atoms with Crippen LogP contribution in [0.15, 0.2) is 59.5 Å². The molecule has 3 aromatic rings. The first-order valence-electron chi connectivity index (χ1n) is 10.8. The van der Waals surface area contributed by atoms with Gasteiger partial charge in [0.1, 0.15) is 0 Å². The molecule has 0 unspecified atom stereocenters. The fourth-order valence-corrected chi connectivity index (χ4v) is 6.30. The Morgan fingerprint density at radius 3 is 2.24 bits per heavy atom. The summed E-state index contributed by atoms with van der Waals surface area (Å²) in [4.78, 5) is 29.9. The lowest BCUT2D eigenvalue weighted by Crippen LogP contribution is -2.48. The summed E-state index contributed by atoms with van der Waals surface area (Å²) < 4.78 is 33.1. The number of hydrogen-bond donors (Lipinski definition) is 1. The van der Waals surface area contributed by atoms with Gasteiger partial charge in [-0.3, -0.25) is 14.9 Å². The van der Waals surface area contributed by atoms with E-state index < -0.39 is 15.9 Å². The molecule has 4 rings (SSSR count). The summed E-state index contributed by atoms with van der Waals surface area (Å²) in [5.74, 6) is -0.584. The summed E-state index contributed by atoms with van der Waals surface area (Å²) in [6.07, 6.45) is -0.384. The Morgan fingerprint density at radius 2 is 1.65 bits per heavy atom. The van der Waals surface area contributed by atoms with Crippen LogP contribution in [0.2, 0.25) is 0 Å². The average Bonchev–Trinajstić information content (AvgIpc) is 3.23. The van der Waals surface area contributed by atoms with E-state index in [0.29, 0.717) is 15.7 Å². The fraction of sp³-hybridized carbons (Fsp3) is 0.292. The van der Waals surface area contributed by atoms with Crippen molar-refractivity contribution < 1.29 is 22.7 Å². The molecule has 8 nitrogen and oxygen atoms in total. The van der Waals surface area contributed by atoms with Gasteiger partial charge in [0.15, 0.2) is 10.9 Å². The quantitative estimate of drug-likeness (QED) is 0.513. The van der Waals surface area contributed by atoms with Crippen molar-refractivity contribution in [1.82, 2.24) is 9.29 Å². The van der Waals surface area contributed by atoms with Gasteiger partial charge in [-0.2, -0.15) is 4.31 Å². The van der Waals surface area contributed by atoms with Crippen LogP contribution >= 0.6 is 11.3 Å². The molecule has 2 atom stereocenters. The van der Waals surface area contributed by atoms with Crippen LogP contribution in [0.3, 0.4) is 0 Å². The molecule has 0 saturated carbocycles. The van der Waals surface area contributed by atoms with Crippen LogP contribution in [0.25, 0.3) is 11.3 Å². The van der Waals surface area contributed by atoms with Gasteiger partial charge in [-0.05, 0) is 38.1 Å². The molecule has 0 radical (unpaired) electrons. The van der Waals surface area contributed by atoms with E-state index in [1.54, 1.807) is 0 Å². The highest BCUT2D eigenvalue weighted by Gasteiger charge is 2.32. The number of carbonyl (C=O) groups excluding carboxylic acids is 2. The zero-order valence-electron chi connectivity index (χ0n) is 19.0. The van der Waals surface area contributed by atoms with E-state index in [1.807, 2.05) is 44.2 Å². The first-order chi connectivity index (χ1) is 16.1. The highest BCUT2D eigenvalue weighted by molar-refractivity contribution is 7.89. The normalized spacial score (nSPS) is 19.0. The minimum Gasteiger partial charge on any atom is -0.373 e. The zero-order valence-corrected chi connectivity index (χ0v) is 20.7. The van der Waals surface area contributed by atoms with Crippen LogP contribution in [0.1, 0.15) is 40.8 Å². The van der Waals surface area contributed by atoms with Gasteiger partial charge in [0.05, 0.1) is 27.7 Å². The third-order valence-corrected chi connectivity index (χ3v) is 8.27. The fourth-order valence-electron chi connectivity index (χ4n) is 3.83. The van der Waals surface area contributed by atoms with Crippen molar-refractivity contribution in [3.63, 3.8) is 0 Å². The Labute approximate surface area is 202 Å². The van der Waals surface area contributed by atoms with E-state index in [9.17, 15) is 18.0 Å². The average molecular weight is 500 g/mol. The second-order valence-electron chi connectivity index (χ2n) is 8.18. The molecule has 1 aromatic heterocycles. The third kappa shape index (κ3) is 5.10. The summed E-state index contributed by atoms with van der Waals surface area (Å²) in [7, 11) is -3.70. The first kappa shape index (κ1) is 24.2. The van der Waals surface area contributed by atoms with Gasteiger partial charge in [0.25, 0.3) is 5.91 Å². The molecule has 1 aliphatic rings. The number of nitrogens with zero attached hydrogens (tertiary/aromatic N) is 2. The summed E-state index contributed by atoms with van der Waals surface area (Å²) in [5, 5.41) is 3.01. The van der Waals surface area contributed by atoms with Gasteiger partial charge in [0, 0.05) is 31.1 Å². The number of morpholine rings is 1. The molecule has 10 heteroatoms. The predicted octanol–water partition coefficient (Wildman–Crippen LogP) is 4.06. The van der Waals surface area contributed by atoms with Crippen molar-refractivity contribution in [1.29, 1.82) is 0 Å². The summed E-state index contributed by atoms with van der Waals surface area (Å²) in [6, 6.07) is 15.1. The number of thiazole rings is 1. The van der Waals surface area contributed by atoms with Gasteiger partial charge in [-0.25, -0.2) is 13.4 Å². The zero-order chi connectivity index (χ0) is 24.5. The number of benzene rings is 2. The molecule has 2 heterocycles. The Morgan fingerprint density at radius 1 is 1.03 bits per heavy atom. The number of Topliss-reactive ketones (excluding diaryl/α,β-unsaturated/α-hetero) is 1. The lowest BCUT2D eigenvalue weighted by atomic mass is 10.1. The van der Waals surface area contributed by atoms with Gasteiger partial charge in [-0.1, -0.05) is 41.7 Å². The number of sulfonamides is 1. The minimum atomic E-state index is -3.70. The molecule has 1 saturated heterocycles. The van der Waals surface area contributed by atoms with E-state index in [2.05, 4.69) is 10.3 Å². The lowest BCUT2D eigenvalue weighted by Gasteiger charge is -2.34. The second kappa shape index (κ2) is 9.75. The highest BCUT2D eigenvalue weighted by Crippen LogP contribution is 2.32. The topological polar surface area (TPSA) is 106 Å². The Hall–Kier alpha value is -2.92. The lowest BCUT2D eigenvalue weighted by molar-refractivity contribution is -0.0440. The monoisotopic (exact) mass is 499 g/mol. The van der Waals surface area contributed by atoms with Gasteiger partial charge < -0.3 is 4.74 Å². The molecule has 1 amide bonds. The molecule has 34 heavy (non-hydrogen) atoms. The second-order valence-corrected chi connectivity index (χ2v) is 11.1. The molecule has 1 fully saturated rings. The molecule has 1 N–H and O–H groups in total. The SMILES string of the molecule is CC(=O)c1sc(NC(=O)c2ccc(S(=O)(=O)N3C[C@H](C)O[C@@H](C)C3)cc2)nc1-c1ccccc1. The van der Waals surface area contributed by atoms with Crippen LogP contribution in [-0.2, 0) is 14.8 Å². The van der Waals surface area contributed by atoms with Crippen molar-refractivity contribution in [2.24, 2.45) is 0 Å². The number of carbonyl (C=O) groups is 2. The Balaban J connectivity index is 1.52. The maximum Gasteiger partial charge on any atom is 0.257 e. The van der Waals surface area contributed by atoms with Crippen molar-refractivity contribution in [3.05, 3.63) is 65.0 Å². The Kier molecular flexibility index (Phi) is 6.94. The summed E-state index contributed by atoms with van der Waals surface area (Å²) >= 11 is 1.10.